The molecule has 0 saturated carbocycles. The summed E-state index contributed by atoms with van der Waals surface area (Å²) in [7, 11) is 0. The van der Waals surface area contributed by atoms with E-state index in [0.29, 0.717) is 6.42 Å². The number of benzene rings is 1. The molecular formula is C16H18F4N2O4. The van der Waals surface area contributed by atoms with E-state index in [1.54, 1.807) is 6.92 Å². The van der Waals surface area contributed by atoms with Gasteiger partial charge in [-0.25, -0.2) is 9.18 Å². The third-order valence-electron chi connectivity index (χ3n) is 3.87. The lowest BCUT2D eigenvalue weighted by atomic mass is 9.91. The van der Waals surface area contributed by atoms with Gasteiger partial charge in [0.05, 0.1) is 11.6 Å². The zero-order valence-corrected chi connectivity index (χ0v) is 13.8. The molecule has 0 radical (unpaired) electrons. The van der Waals surface area contributed by atoms with Crippen LogP contribution in [0.4, 0.5) is 28.0 Å². The van der Waals surface area contributed by atoms with Crippen LogP contribution in [0.25, 0.3) is 0 Å². The highest BCUT2D eigenvalue weighted by atomic mass is 19.4. The van der Waals surface area contributed by atoms with Crippen molar-refractivity contribution < 1.29 is 37.0 Å². The minimum Gasteiger partial charge on any atom is -0.482 e. The van der Waals surface area contributed by atoms with Crippen molar-refractivity contribution in [2.24, 2.45) is 11.8 Å². The van der Waals surface area contributed by atoms with Crippen LogP contribution in [0.3, 0.4) is 0 Å². The van der Waals surface area contributed by atoms with E-state index in [4.69, 9.17) is 5.11 Å². The van der Waals surface area contributed by atoms with Crippen molar-refractivity contribution >= 4 is 17.7 Å². The summed E-state index contributed by atoms with van der Waals surface area (Å²) >= 11 is 0. The molecule has 1 aliphatic rings. The Kier molecular flexibility index (Phi) is 5.94. The fourth-order valence-corrected chi connectivity index (χ4v) is 2.78. The van der Waals surface area contributed by atoms with Crippen molar-refractivity contribution in [2.75, 3.05) is 25.0 Å². The van der Waals surface area contributed by atoms with Gasteiger partial charge in [-0.2, -0.15) is 13.2 Å². The Balaban J connectivity index is 2.12. The van der Waals surface area contributed by atoms with Crippen LogP contribution < -0.4 is 10.1 Å². The number of halogens is 4. The first-order valence-corrected chi connectivity index (χ1v) is 7.83. The Morgan fingerprint density at radius 1 is 1.35 bits per heavy atom. The van der Waals surface area contributed by atoms with Gasteiger partial charge in [-0.1, -0.05) is 6.92 Å². The Hall–Kier alpha value is -2.52. The van der Waals surface area contributed by atoms with E-state index in [-0.39, 0.29) is 30.4 Å². The van der Waals surface area contributed by atoms with Gasteiger partial charge < -0.3 is 20.1 Å². The van der Waals surface area contributed by atoms with E-state index in [9.17, 15) is 27.2 Å². The predicted molar refractivity (Wildman–Crippen MR) is 83.4 cm³/mol. The zero-order chi connectivity index (χ0) is 19.5. The Morgan fingerprint density at radius 3 is 2.65 bits per heavy atom. The lowest BCUT2D eigenvalue weighted by molar-refractivity contribution is -0.153. The highest BCUT2D eigenvalue weighted by Gasteiger charge is 2.32. The number of hydrogen-bond donors (Lipinski definition) is 2. The number of piperidine rings is 1. The number of carbonyl (C=O) groups excluding carboxylic acids is 1. The van der Waals surface area contributed by atoms with E-state index in [0.717, 1.165) is 18.2 Å². The average molecular weight is 378 g/mol. The summed E-state index contributed by atoms with van der Waals surface area (Å²) < 4.78 is 55.0. The quantitative estimate of drug-likeness (QED) is 0.788. The molecule has 10 heteroatoms. The molecule has 1 aromatic carbocycles. The van der Waals surface area contributed by atoms with Crippen LogP contribution in [0.2, 0.25) is 0 Å². The van der Waals surface area contributed by atoms with Gasteiger partial charge in [0.25, 0.3) is 0 Å². The van der Waals surface area contributed by atoms with Crippen molar-refractivity contribution in [3.8, 4) is 5.75 Å². The van der Waals surface area contributed by atoms with E-state index in [1.165, 1.54) is 4.90 Å². The number of likely N-dealkylation sites (tertiary alicyclic amines) is 1. The first-order chi connectivity index (χ1) is 12.0. The van der Waals surface area contributed by atoms with Gasteiger partial charge >= 0.3 is 18.2 Å². The van der Waals surface area contributed by atoms with Gasteiger partial charge in [0, 0.05) is 19.2 Å². The molecule has 2 unspecified atom stereocenters. The molecule has 0 spiro atoms. The number of aliphatic carboxylic acids is 1. The van der Waals surface area contributed by atoms with Crippen LogP contribution >= 0.6 is 0 Å². The van der Waals surface area contributed by atoms with Gasteiger partial charge in [0.2, 0.25) is 0 Å². The van der Waals surface area contributed by atoms with Crippen LogP contribution in [-0.4, -0.2) is 47.9 Å². The molecule has 2 rings (SSSR count). The third kappa shape index (κ3) is 5.50. The van der Waals surface area contributed by atoms with Crippen molar-refractivity contribution in [1.82, 2.24) is 4.90 Å². The summed E-state index contributed by atoms with van der Waals surface area (Å²) in [4.78, 5) is 24.8. The second kappa shape index (κ2) is 7.79. The molecule has 1 heterocycles. The Labute approximate surface area is 146 Å². The van der Waals surface area contributed by atoms with Crippen molar-refractivity contribution in [3.63, 3.8) is 0 Å². The first-order valence-electron chi connectivity index (χ1n) is 7.83. The molecular weight excluding hydrogens is 360 g/mol. The number of carboxylic acids is 1. The summed E-state index contributed by atoms with van der Waals surface area (Å²) in [6.45, 7) is 0.433. The first kappa shape index (κ1) is 19.8. The third-order valence-corrected chi connectivity index (χ3v) is 3.87. The molecule has 26 heavy (non-hydrogen) atoms. The van der Waals surface area contributed by atoms with E-state index >= 15 is 0 Å². The lowest BCUT2D eigenvalue weighted by Crippen LogP contribution is -2.47. The summed E-state index contributed by atoms with van der Waals surface area (Å²) in [6.07, 6.45) is -4.17. The van der Waals surface area contributed by atoms with E-state index in [1.807, 2.05) is 0 Å². The Morgan fingerprint density at radius 2 is 2.04 bits per heavy atom. The second-order valence-corrected chi connectivity index (χ2v) is 6.26. The van der Waals surface area contributed by atoms with Crippen LogP contribution in [0.15, 0.2) is 18.2 Å². The molecule has 1 saturated heterocycles. The molecule has 144 valence electrons. The van der Waals surface area contributed by atoms with Gasteiger partial charge in [-0.3, -0.25) is 4.79 Å². The summed E-state index contributed by atoms with van der Waals surface area (Å²) in [6, 6.07) is 2.00. The summed E-state index contributed by atoms with van der Waals surface area (Å²) in [5.41, 5.74) is -0.260. The average Bonchev–Trinajstić information content (AvgIpc) is 2.52. The molecule has 1 fully saturated rings. The van der Waals surface area contributed by atoms with Crippen molar-refractivity contribution in [2.45, 2.75) is 19.5 Å². The summed E-state index contributed by atoms with van der Waals surface area (Å²) in [5, 5.41) is 11.4. The molecule has 0 aromatic heterocycles. The number of alkyl halides is 3. The van der Waals surface area contributed by atoms with Crippen molar-refractivity contribution in [3.05, 3.63) is 24.0 Å². The fourth-order valence-electron chi connectivity index (χ4n) is 2.78. The monoisotopic (exact) mass is 378 g/mol. The highest BCUT2D eigenvalue weighted by molar-refractivity contribution is 5.91. The van der Waals surface area contributed by atoms with Gasteiger partial charge in [-0.15, -0.1) is 0 Å². The maximum absolute atomic E-state index is 13.4. The molecule has 0 bridgehead atoms. The minimum atomic E-state index is -4.59. The molecule has 0 aliphatic carbocycles. The smallest absolute Gasteiger partial charge is 0.422 e. The Bertz CT molecular complexity index is 681. The predicted octanol–water partition coefficient (Wildman–Crippen LogP) is 3.34. The van der Waals surface area contributed by atoms with Crippen LogP contribution in [0, 0.1) is 17.7 Å². The SMILES string of the molecule is CC1CC(C(=O)O)CN(C(=O)Nc2cc(F)ccc2OCC(F)(F)F)C1. The number of hydrogen-bond acceptors (Lipinski definition) is 3. The molecule has 2 amide bonds. The van der Waals surface area contributed by atoms with Gasteiger partial charge in [0.15, 0.2) is 6.61 Å². The summed E-state index contributed by atoms with van der Waals surface area (Å²) in [5.74, 6) is -2.94. The van der Waals surface area contributed by atoms with Crippen molar-refractivity contribution in [1.29, 1.82) is 0 Å². The molecule has 2 atom stereocenters. The number of anilines is 1. The highest BCUT2D eigenvalue weighted by Crippen LogP contribution is 2.29. The van der Waals surface area contributed by atoms with Gasteiger partial charge in [0.1, 0.15) is 11.6 Å². The standard InChI is InChI=1S/C16H18F4N2O4/c1-9-4-10(14(23)24)7-22(6-9)15(25)21-12-5-11(17)2-3-13(12)26-8-16(18,19)20/h2-3,5,9-10H,4,6-8H2,1H3,(H,21,25)(H,23,24). The number of carboxylic acid groups (broad SMARTS) is 1. The van der Waals surface area contributed by atoms with Crippen LogP contribution in [-0.2, 0) is 4.79 Å². The topological polar surface area (TPSA) is 78.9 Å². The van der Waals surface area contributed by atoms with Gasteiger partial charge in [-0.05, 0) is 24.5 Å². The number of urea groups is 1. The number of carbonyl (C=O) groups is 2. The van der Waals surface area contributed by atoms with E-state index < -0.39 is 36.5 Å². The zero-order valence-electron chi connectivity index (χ0n) is 13.8. The minimum absolute atomic E-state index is 0.0421. The molecule has 1 aromatic rings. The maximum Gasteiger partial charge on any atom is 0.422 e. The fraction of sp³-hybridized carbons (Fsp3) is 0.500. The lowest BCUT2D eigenvalue weighted by Gasteiger charge is -2.34. The molecule has 2 N–H and O–H groups in total. The van der Waals surface area contributed by atoms with Crippen LogP contribution in [0.1, 0.15) is 13.3 Å². The number of rotatable bonds is 4. The largest absolute Gasteiger partial charge is 0.482 e. The number of nitrogens with zero attached hydrogens (tertiary/aromatic N) is 1. The molecule has 1 aliphatic heterocycles. The molecule has 6 nitrogen and oxygen atoms in total. The second-order valence-electron chi connectivity index (χ2n) is 6.26. The van der Waals surface area contributed by atoms with Crippen LogP contribution in [0.5, 0.6) is 5.75 Å². The maximum atomic E-state index is 13.4. The number of amides is 2. The number of ether oxygens (including phenoxy) is 1. The normalized spacial score (nSPS) is 20.6. The number of nitrogens with one attached hydrogen (secondary N) is 1. The van der Waals surface area contributed by atoms with E-state index in [2.05, 4.69) is 10.1 Å².